The predicted octanol–water partition coefficient (Wildman–Crippen LogP) is 2.46. The fraction of sp³-hybridized carbons (Fsp3) is 0.421. The van der Waals surface area contributed by atoms with Gasteiger partial charge in [0.2, 0.25) is 10.0 Å². The number of hydrogen-bond donors (Lipinski definition) is 1. The van der Waals surface area contributed by atoms with E-state index in [2.05, 4.69) is 4.98 Å². The van der Waals surface area contributed by atoms with E-state index in [-0.39, 0.29) is 36.1 Å². The normalized spacial score (nSPS) is 15.6. The zero-order chi connectivity index (χ0) is 20.5. The Morgan fingerprint density at radius 3 is 2.43 bits per heavy atom. The molecule has 1 aliphatic rings. The summed E-state index contributed by atoms with van der Waals surface area (Å²) in [5.74, 6) is -0.899. The number of sulfonamides is 1. The molecular weight excluding hydrogens is 385 g/mol. The monoisotopic (exact) mass is 409 g/mol. The van der Waals surface area contributed by atoms with Crippen molar-refractivity contribution in [2.24, 2.45) is 0 Å². The van der Waals surface area contributed by atoms with Crippen molar-refractivity contribution in [1.82, 2.24) is 9.29 Å². The van der Waals surface area contributed by atoms with Crippen molar-refractivity contribution in [1.29, 1.82) is 0 Å². The third kappa shape index (κ3) is 3.64. The van der Waals surface area contributed by atoms with Crippen LogP contribution < -0.4 is 4.90 Å². The molecule has 1 N–H and O–H groups in total. The lowest BCUT2D eigenvalue weighted by atomic mass is 10.2. The van der Waals surface area contributed by atoms with Crippen molar-refractivity contribution >= 4 is 21.7 Å². The summed E-state index contributed by atoms with van der Waals surface area (Å²) in [5.41, 5.74) is 1.38. The number of ether oxygens (including phenoxy) is 1. The third-order valence-electron chi connectivity index (χ3n) is 4.88. The number of rotatable bonds is 5. The molecule has 1 aromatic carbocycles. The van der Waals surface area contributed by atoms with Crippen LogP contribution in [0.2, 0.25) is 0 Å². The highest BCUT2D eigenvalue weighted by Crippen LogP contribution is 2.28. The van der Waals surface area contributed by atoms with Gasteiger partial charge in [-0.3, -0.25) is 0 Å². The van der Waals surface area contributed by atoms with Crippen LogP contribution in [0, 0.1) is 19.7 Å². The second-order valence-electron chi connectivity index (χ2n) is 6.64. The number of aryl methyl sites for hydroxylation is 1. The van der Waals surface area contributed by atoms with Crippen LogP contribution >= 0.6 is 0 Å². The van der Waals surface area contributed by atoms with Gasteiger partial charge in [0.25, 0.3) is 0 Å². The molecule has 0 aliphatic carbocycles. The fourth-order valence-electron chi connectivity index (χ4n) is 3.53. The van der Waals surface area contributed by atoms with Crippen LogP contribution in [0.15, 0.2) is 29.2 Å². The van der Waals surface area contributed by atoms with E-state index in [1.807, 2.05) is 4.90 Å². The Hall–Kier alpha value is -2.39. The van der Waals surface area contributed by atoms with Crippen LogP contribution in [0.4, 0.5) is 10.1 Å². The predicted molar refractivity (Wildman–Crippen MR) is 104 cm³/mol. The summed E-state index contributed by atoms with van der Waals surface area (Å²) in [5, 5.41) is 0. The third-order valence-corrected chi connectivity index (χ3v) is 7.05. The molecule has 1 fully saturated rings. The van der Waals surface area contributed by atoms with Gasteiger partial charge in [-0.1, -0.05) is 12.1 Å². The molecule has 28 heavy (non-hydrogen) atoms. The Bertz CT molecular complexity index is 979. The number of para-hydroxylation sites is 1. The summed E-state index contributed by atoms with van der Waals surface area (Å²) in [7, 11) is -3.79. The molecule has 0 amide bonds. The van der Waals surface area contributed by atoms with Crippen LogP contribution in [0.1, 0.15) is 28.7 Å². The van der Waals surface area contributed by atoms with Gasteiger partial charge >= 0.3 is 5.97 Å². The van der Waals surface area contributed by atoms with E-state index in [0.717, 1.165) is 0 Å². The van der Waals surface area contributed by atoms with Crippen molar-refractivity contribution < 1.29 is 22.3 Å². The van der Waals surface area contributed by atoms with E-state index >= 15 is 0 Å². The zero-order valence-corrected chi connectivity index (χ0v) is 17.0. The summed E-state index contributed by atoms with van der Waals surface area (Å²) in [6.07, 6.45) is 0. The Balaban J connectivity index is 1.82. The van der Waals surface area contributed by atoms with Gasteiger partial charge in [0.15, 0.2) is 0 Å². The highest BCUT2D eigenvalue weighted by molar-refractivity contribution is 7.89. The first kappa shape index (κ1) is 20.3. The standard InChI is InChI=1S/C19H24FN3O4S/c1-4-27-19(24)17-13(2)18(14(3)21-17)28(25,26)23-11-9-22(10-12-23)16-8-6-5-7-15(16)20/h5-8,21H,4,9-12H2,1-3H3. The maximum Gasteiger partial charge on any atom is 0.355 e. The van der Waals surface area contributed by atoms with E-state index in [1.54, 1.807) is 39.0 Å². The molecule has 1 saturated heterocycles. The topological polar surface area (TPSA) is 82.7 Å². The van der Waals surface area contributed by atoms with Crippen LogP contribution in [-0.2, 0) is 14.8 Å². The first-order valence-corrected chi connectivity index (χ1v) is 10.6. The quantitative estimate of drug-likeness (QED) is 0.767. The Morgan fingerprint density at radius 1 is 1.18 bits per heavy atom. The smallest absolute Gasteiger partial charge is 0.355 e. The molecule has 2 heterocycles. The number of aromatic nitrogens is 1. The molecule has 2 aromatic rings. The molecule has 7 nitrogen and oxygen atoms in total. The molecule has 0 radical (unpaired) electrons. The van der Waals surface area contributed by atoms with Crippen molar-refractivity contribution in [3.05, 3.63) is 47.0 Å². The summed E-state index contributed by atoms with van der Waals surface area (Å²) in [6, 6.07) is 6.45. The van der Waals surface area contributed by atoms with E-state index in [9.17, 15) is 17.6 Å². The lowest BCUT2D eigenvalue weighted by Crippen LogP contribution is -2.49. The minimum Gasteiger partial charge on any atom is -0.461 e. The maximum atomic E-state index is 14.0. The van der Waals surface area contributed by atoms with Gasteiger partial charge in [-0.05, 0) is 32.9 Å². The van der Waals surface area contributed by atoms with Gasteiger partial charge in [-0.2, -0.15) is 4.31 Å². The minimum absolute atomic E-state index is 0.106. The van der Waals surface area contributed by atoms with Crippen molar-refractivity contribution in [2.45, 2.75) is 25.7 Å². The van der Waals surface area contributed by atoms with E-state index in [4.69, 9.17) is 4.74 Å². The molecule has 0 saturated carbocycles. The number of H-pyrrole nitrogens is 1. The lowest BCUT2D eigenvalue weighted by Gasteiger charge is -2.35. The van der Waals surface area contributed by atoms with Gasteiger partial charge in [0, 0.05) is 37.4 Å². The summed E-state index contributed by atoms with van der Waals surface area (Å²) in [6.45, 7) is 6.34. The summed E-state index contributed by atoms with van der Waals surface area (Å²) < 4.78 is 46.8. The average molecular weight is 409 g/mol. The van der Waals surface area contributed by atoms with Gasteiger partial charge in [-0.25, -0.2) is 17.6 Å². The van der Waals surface area contributed by atoms with Gasteiger partial charge in [-0.15, -0.1) is 0 Å². The molecule has 1 aromatic heterocycles. The first-order valence-electron chi connectivity index (χ1n) is 9.13. The number of piperazine rings is 1. The first-order chi connectivity index (χ1) is 13.3. The number of carbonyl (C=O) groups is 1. The molecule has 152 valence electrons. The molecule has 0 spiro atoms. The van der Waals surface area contributed by atoms with Crippen LogP contribution in [-0.4, -0.2) is 56.5 Å². The van der Waals surface area contributed by atoms with E-state index < -0.39 is 16.0 Å². The van der Waals surface area contributed by atoms with Crippen molar-refractivity contribution in [2.75, 3.05) is 37.7 Å². The Kier molecular flexibility index (Phi) is 5.76. The SMILES string of the molecule is CCOC(=O)c1[nH]c(C)c(S(=O)(=O)N2CCN(c3ccccc3F)CC2)c1C. The van der Waals surface area contributed by atoms with E-state index in [1.165, 1.54) is 10.4 Å². The number of aromatic amines is 1. The molecule has 3 rings (SSSR count). The number of anilines is 1. The number of esters is 1. The molecular formula is C19H24FN3O4S. The highest BCUT2D eigenvalue weighted by Gasteiger charge is 2.34. The fourth-order valence-corrected chi connectivity index (χ4v) is 5.36. The van der Waals surface area contributed by atoms with Gasteiger partial charge < -0.3 is 14.6 Å². The molecule has 0 atom stereocenters. The van der Waals surface area contributed by atoms with Crippen molar-refractivity contribution in [3.8, 4) is 0 Å². The number of hydrogen-bond acceptors (Lipinski definition) is 5. The molecule has 1 aliphatic heterocycles. The number of halogens is 1. The lowest BCUT2D eigenvalue weighted by molar-refractivity contribution is 0.0519. The Labute approximate surface area is 164 Å². The summed E-state index contributed by atoms with van der Waals surface area (Å²) in [4.78, 5) is 16.8. The molecule has 0 bridgehead atoms. The minimum atomic E-state index is -3.79. The number of nitrogens with one attached hydrogen (secondary N) is 1. The maximum absolute atomic E-state index is 14.0. The second-order valence-corrected chi connectivity index (χ2v) is 8.52. The van der Waals surface area contributed by atoms with E-state index in [0.29, 0.717) is 30.0 Å². The largest absolute Gasteiger partial charge is 0.461 e. The number of carbonyl (C=O) groups excluding carboxylic acids is 1. The van der Waals surface area contributed by atoms with Crippen molar-refractivity contribution in [3.63, 3.8) is 0 Å². The number of benzene rings is 1. The average Bonchev–Trinajstić information content (AvgIpc) is 2.97. The number of nitrogens with zero attached hydrogens (tertiary/aromatic N) is 2. The van der Waals surface area contributed by atoms with Gasteiger partial charge in [0.1, 0.15) is 16.4 Å². The van der Waals surface area contributed by atoms with Crippen LogP contribution in [0.5, 0.6) is 0 Å². The Morgan fingerprint density at radius 2 is 1.82 bits per heavy atom. The summed E-state index contributed by atoms with van der Waals surface area (Å²) >= 11 is 0. The van der Waals surface area contributed by atoms with Crippen LogP contribution in [0.25, 0.3) is 0 Å². The molecule has 0 unspecified atom stereocenters. The zero-order valence-electron chi connectivity index (χ0n) is 16.2. The molecule has 9 heteroatoms. The van der Waals surface area contributed by atoms with Gasteiger partial charge in [0.05, 0.1) is 12.3 Å². The van der Waals surface area contributed by atoms with Crippen LogP contribution in [0.3, 0.4) is 0 Å². The highest BCUT2D eigenvalue weighted by atomic mass is 32.2. The second kappa shape index (κ2) is 7.92.